The fraction of sp³-hybridized carbons (Fsp3) is 0.812. The number of carbonyl (C=O) groups is 3. The molecule has 23 heavy (non-hydrogen) atoms. The van der Waals surface area contributed by atoms with Gasteiger partial charge in [-0.2, -0.15) is 0 Å². The average Bonchev–Trinajstić information content (AvgIpc) is 3.21. The van der Waals surface area contributed by atoms with Gasteiger partial charge >= 0.3 is 5.97 Å². The molecule has 2 atom stereocenters. The lowest BCUT2D eigenvalue weighted by molar-refractivity contribution is -0.144. The van der Waals surface area contributed by atoms with Crippen LogP contribution in [-0.2, 0) is 14.4 Å². The summed E-state index contributed by atoms with van der Waals surface area (Å²) in [5, 5.41) is 11.9. The van der Waals surface area contributed by atoms with Gasteiger partial charge in [-0.05, 0) is 19.3 Å². The Morgan fingerprint density at radius 2 is 2.00 bits per heavy atom. The minimum Gasteiger partial charge on any atom is -0.480 e. The summed E-state index contributed by atoms with van der Waals surface area (Å²) in [6.45, 7) is 1.98. The smallest absolute Gasteiger partial charge is 0.326 e. The van der Waals surface area contributed by atoms with Crippen molar-refractivity contribution in [3.05, 3.63) is 0 Å². The van der Waals surface area contributed by atoms with Gasteiger partial charge < -0.3 is 15.3 Å². The summed E-state index contributed by atoms with van der Waals surface area (Å²) in [7, 11) is 0. The molecule has 0 aromatic rings. The summed E-state index contributed by atoms with van der Waals surface area (Å²) in [6, 6.07) is -1.40. The van der Waals surface area contributed by atoms with E-state index in [1.807, 2.05) is 6.92 Å². The fourth-order valence-electron chi connectivity index (χ4n) is 3.22. The molecule has 130 valence electrons. The number of thioether (sulfide) groups is 1. The van der Waals surface area contributed by atoms with Crippen LogP contribution >= 0.6 is 11.8 Å². The summed E-state index contributed by atoms with van der Waals surface area (Å²) < 4.78 is 0. The van der Waals surface area contributed by atoms with Crippen molar-refractivity contribution in [3.63, 3.8) is 0 Å². The zero-order chi connectivity index (χ0) is 16.8. The van der Waals surface area contributed by atoms with Gasteiger partial charge in [0.05, 0.1) is 5.88 Å². The van der Waals surface area contributed by atoms with Crippen LogP contribution in [0.15, 0.2) is 0 Å². The molecule has 1 unspecified atom stereocenters. The Bertz CT molecular complexity index is 451. The largest absolute Gasteiger partial charge is 0.480 e. The van der Waals surface area contributed by atoms with Crippen molar-refractivity contribution in [2.24, 2.45) is 5.92 Å². The number of hydrogen-bond acceptors (Lipinski definition) is 4. The Morgan fingerprint density at radius 1 is 1.30 bits per heavy atom. The topological polar surface area (TPSA) is 86.7 Å². The Balaban J connectivity index is 1.96. The third-order valence-electron chi connectivity index (χ3n) is 4.63. The van der Waals surface area contributed by atoms with Gasteiger partial charge in [0, 0.05) is 11.7 Å². The Morgan fingerprint density at radius 3 is 2.61 bits per heavy atom. The second kappa shape index (κ2) is 8.57. The molecule has 0 radical (unpaired) electrons. The molecule has 1 aliphatic carbocycles. The average molecular weight is 342 g/mol. The first kappa shape index (κ1) is 18.1. The van der Waals surface area contributed by atoms with Crippen molar-refractivity contribution in [1.82, 2.24) is 10.2 Å². The minimum atomic E-state index is -1.01. The van der Waals surface area contributed by atoms with Crippen molar-refractivity contribution in [1.29, 1.82) is 0 Å². The molecular weight excluding hydrogens is 316 g/mol. The number of carboxylic acid groups (broad SMARTS) is 1. The quantitative estimate of drug-likeness (QED) is 0.737. The van der Waals surface area contributed by atoms with E-state index in [1.54, 1.807) is 16.7 Å². The van der Waals surface area contributed by atoms with E-state index in [-0.39, 0.29) is 17.7 Å². The van der Waals surface area contributed by atoms with Gasteiger partial charge in [-0.25, -0.2) is 4.79 Å². The van der Waals surface area contributed by atoms with Crippen LogP contribution in [-0.4, -0.2) is 51.5 Å². The monoisotopic (exact) mass is 342 g/mol. The van der Waals surface area contributed by atoms with Crippen molar-refractivity contribution in [2.45, 2.75) is 64.0 Å². The molecule has 1 saturated heterocycles. The van der Waals surface area contributed by atoms with Gasteiger partial charge in [0.2, 0.25) is 11.8 Å². The number of carboxylic acids is 1. The molecule has 0 bridgehead atoms. The second-order valence-electron chi connectivity index (χ2n) is 6.35. The highest BCUT2D eigenvalue weighted by Gasteiger charge is 2.39. The summed E-state index contributed by atoms with van der Waals surface area (Å²) in [4.78, 5) is 38.0. The van der Waals surface area contributed by atoms with E-state index in [1.165, 1.54) is 0 Å². The highest BCUT2D eigenvalue weighted by atomic mass is 32.2. The van der Waals surface area contributed by atoms with Crippen LogP contribution in [0.5, 0.6) is 0 Å². The zero-order valence-corrected chi connectivity index (χ0v) is 14.4. The van der Waals surface area contributed by atoms with E-state index in [0.29, 0.717) is 18.1 Å². The lowest BCUT2D eigenvalue weighted by Gasteiger charge is -2.27. The number of carbonyl (C=O) groups excluding carboxylic acids is 2. The van der Waals surface area contributed by atoms with Gasteiger partial charge in [0.25, 0.3) is 0 Å². The van der Waals surface area contributed by atoms with Crippen LogP contribution in [0.2, 0.25) is 0 Å². The van der Waals surface area contributed by atoms with Crippen LogP contribution in [0, 0.1) is 5.92 Å². The van der Waals surface area contributed by atoms with Crippen LogP contribution in [0.1, 0.15) is 51.9 Å². The molecule has 0 aromatic heterocycles. The zero-order valence-electron chi connectivity index (χ0n) is 13.6. The number of hydrogen-bond donors (Lipinski definition) is 2. The molecule has 1 heterocycles. The van der Waals surface area contributed by atoms with Gasteiger partial charge in [0.1, 0.15) is 12.1 Å². The third kappa shape index (κ3) is 4.62. The molecule has 6 nitrogen and oxygen atoms in total. The summed E-state index contributed by atoms with van der Waals surface area (Å²) in [5.41, 5.74) is 0. The maximum absolute atomic E-state index is 12.6. The molecule has 1 aliphatic heterocycles. The molecule has 7 heteroatoms. The van der Waals surface area contributed by atoms with E-state index in [4.69, 9.17) is 0 Å². The van der Waals surface area contributed by atoms with Crippen molar-refractivity contribution in [2.75, 3.05) is 11.6 Å². The van der Waals surface area contributed by atoms with Gasteiger partial charge in [-0.1, -0.05) is 32.6 Å². The molecule has 2 amide bonds. The number of amides is 2. The highest BCUT2D eigenvalue weighted by molar-refractivity contribution is 7.99. The molecule has 0 spiro atoms. The Hall–Kier alpha value is -1.24. The number of rotatable bonds is 7. The first-order chi connectivity index (χ1) is 11.0. The second-order valence-corrected chi connectivity index (χ2v) is 7.35. The van der Waals surface area contributed by atoms with Crippen LogP contribution < -0.4 is 5.32 Å². The van der Waals surface area contributed by atoms with E-state index < -0.39 is 18.1 Å². The Labute approximate surface area is 141 Å². The van der Waals surface area contributed by atoms with Crippen LogP contribution in [0.3, 0.4) is 0 Å². The number of nitrogens with zero attached hydrogens (tertiary/aromatic N) is 1. The SMILES string of the molecule is CCCC[C@H](NC(=O)C1CSCN1C(=O)C1CCCC1)C(=O)O. The van der Waals surface area contributed by atoms with Crippen LogP contribution in [0.4, 0.5) is 0 Å². The van der Waals surface area contributed by atoms with Crippen molar-refractivity contribution < 1.29 is 19.5 Å². The fourth-order valence-corrected chi connectivity index (χ4v) is 4.38. The van der Waals surface area contributed by atoms with E-state index >= 15 is 0 Å². The standard InChI is InChI=1S/C16H26N2O4S/c1-2-3-8-12(16(21)22)17-14(19)13-9-23-10-18(13)15(20)11-6-4-5-7-11/h11-13H,2-10H2,1H3,(H,17,19)(H,21,22)/t12-,13?/m0/s1. The normalized spacial score (nSPS) is 23.0. The van der Waals surface area contributed by atoms with Crippen molar-refractivity contribution in [3.8, 4) is 0 Å². The maximum Gasteiger partial charge on any atom is 0.326 e. The van der Waals surface area contributed by atoms with Crippen molar-refractivity contribution >= 4 is 29.5 Å². The molecule has 2 N–H and O–H groups in total. The first-order valence-electron chi connectivity index (χ1n) is 8.46. The molecular formula is C16H26N2O4S. The highest BCUT2D eigenvalue weighted by Crippen LogP contribution is 2.30. The number of aliphatic carboxylic acids is 1. The Kier molecular flexibility index (Phi) is 6.74. The third-order valence-corrected chi connectivity index (χ3v) is 5.65. The maximum atomic E-state index is 12.6. The van der Waals surface area contributed by atoms with Gasteiger partial charge in [-0.15, -0.1) is 11.8 Å². The summed E-state index contributed by atoms with van der Waals surface area (Å²) in [6.07, 6.45) is 6.02. The number of unbranched alkanes of at least 4 members (excludes halogenated alkanes) is 1. The van der Waals surface area contributed by atoms with E-state index in [9.17, 15) is 19.5 Å². The number of nitrogens with one attached hydrogen (secondary N) is 1. The predicted octanol–water partition coefficient (Wildman–Crippen LogP) is 1.84. The van der Waals surface area contributed by atoms with Gasteiger partial charge in [-0.3, -0.25) is 9.59 Å². The lowest BCUT2D eigenvalue weighted by atomic mass is 10.1. The predicted molar refractivity (Wildman–Crippen MR) is 89.0 cm³/mol. The molecule has 0 aromatic carbocycles. The van der Waals surface area contributed by atoms with Gasteiger partial charge in [0.15, 0.2) is 0 Å². The van der Waals surface area contributed by atoms with Crippen LogP contribution in [0.25, 0.3) is 0 Å². The summed E-state index contributed by atoms with van der Waals surface area (Å²) >= 11 is 1.56. The minimum absolute atomic E-state index is 0.0411. The molecule has 2 rings (SSSR count). The van der Waals surface area contributed by atoms with E-state index in [0.717, 1.165) is 38.5 Å². The molecule has 2 aliphatic rings. The summed E-state index contributed by atoms with van der Waals surface area (Å²) in [5.74, 6) is -0.159. The molecule has 1 saturated carbocycles. The van der Waals surface area contributed by atoms with E-state index in [2.05, 4.69) is 5.32 Å². The first-order valence-corrected chi connectivity index (χ1v) is 9.61. The molecule has 2 fully saturated rings. The lowest BCUT2D eigenvalue weighted by Crippen LogP contribution is -2.52.